The van der Waals surface area contributed by atoms with Crippen molar-refractivity contribution in [3.05, 3.63) is 53.3 Å². The Morgan fingerprint density at radius 3 is 2.59 bits per heavy atom. The van der Waals surface area contributed by atoms with E-state index < -0.39 is 18.5 Å². The Morgan fingerprint density at radius 1 is 1.07 bits per heavy atom. The summed E-state index contributed by atoms with van der Waals surface area (Å²) in [6, 6.07) is 8.92. The maximum atomic E-state index is 12.2. The van der Waals surface area contributed by atoms with Gasteiger partial charge in [-0.25, -0.2) is 0 Å². The average molecular weight is 397 g/mol. The van der Waals surface area contributed by atoms with Crippen LogP contribution in [-0.2, 0) is 20.7 Å². The number of ether oxygens (including phenoxy) is 3. The highest BCUT2D eigenvalue weighted by Crippen LogP contribution is 2.29. The maximum absolute atomic E-state index is 12.2. The summed E-state index contributed by atoms with van der Waals surface area (Å²) >= 11 is 0. The molecule has 0 aliphatic carbocycles. The molecular formula is C22H23NO6. The molecule has 2 aromatic carbocycles. The fraction of sp³-hybridized carbons (Fsp3) is 0.273. The first-order valence-electron chi connectivity index (χ1n) is 9.06. The summed E-state index contributed by atoms with van der Waals surface area (Å²) in [5.74, 6) is 0.0450. The van der Waals surface area contributed by atoms with Crippen LogP contribution in [0.2, 0.25) is 0 Å². The van der Waals surface area contributed by atoms with Gasteiger partial charge in [0.1, 0.15) is 17.1 Å². The van der Waals surface area contributed by atoms with Crippen molar-refractivity contribution >= 4 is 28.5 Å². The molecule has 7 heteroatoms. The van der Waals surface area contributed by atoms with E-state index in [1.807, 2.05) is 26.0 Å². The van der Waals surface area contributed by atoms with Gasteiger partial charge in [0.25, 0.3) is 5.91 Å². The van der Waals surface area contributed by atoms with E-state index in [-0.39, 0.29) is 6.42 Å². The van der Waals surface area contributed by atoms with Crippen LogP contribution in [-0.4, -0.2) is 32.7 Å². The lowest BCUT2D eigenvalue weighted by molar-refractivity contribution is -0.146. The van der Waals surface area contributed by atoms with E-state index in [9.17, 15) is 9.59 Å². The van der Waals surface area contributed by atoms with Gasteiger partial charge in [0.05, 0.1) is 32.6 Å². The number of rotatable bonds is 7. The van der Waals surface area contributed by atoms with Gasteiger partial charge in [-0.15, -0.1) is 0 Å². The Kier molecular flexibility index (Phi) is 6.07. The first-order chi connectivity index (χ1) is 13.9. The van der Waals surface area contributed by atoms with Gasteiger partial charge in [0.2, 0.25) is 0 Å². The number of hydrogen-bond acceptors (Lipinski definition) is 6. The summed E-state index contributed by atoms with van der Waals surface area (Å²) in [5.41, 5.74) is 4.07. The summed E-state index contributed by atoms with van der Waals surface area (Å²) in [4.78, 5) is 24.4. The first-order valence-corrected chi connectivity index (χ1v) is 9.06. The highest BCUT2D eigenvalue weighted by atomic mass is 16.5. The molecule has 152 valence electrons. The van der Waals surface area contributed by atoms with Crippen LogP contribution >= 0.6 is 0 Å². The second kappa shape index (κ2) is 8.68. The second-order valence-electron chi connectivity index (χ2n) is 6.60. The molecule has 0 saturated carbocycles. The Morgan fingerprint density at radius 2 is 1.86 bits per heavy atom. The Labute approximate surface area is 168 Å². The monoisotopic (exact) mass is 397 g/mol. The molecule has 1 heterocycles. The molecule has 1 N–H and O–H groups in total. The van der Waals surface area contributed by atoms with Crippen molar-refractivity contribution in [3.8, 4) is 11.5 Å². The minimum Gasteiger partial charge on any atom is -0.497 e. The molecule has 0 spiro atoms. The van der Waals surface area contributed by atoms with Crippen LogP contribution in [0.3, 0.4) is 0 Å². The van der Waals surface area contributed by atoms with Gasteiger partial charge < -0.3 is 23.9 Å². The van der Waals surface area contributed by atoms with Crippen molar-refractivity contribution in [2.75, 3.05) is 26.1 Å². The van der Waals surface area contributed by atoms with Gasteiger partial charge >= 0.3 is 5.97 Å². The maximum Gasteiger partial charge on any atom is 0.310 e. The van der Waals surface area contributed by atoms with Gasteiger partial charge in [0.15, 0.2) is 6.61 Å². The summed E-state index contributed by atoms with van der Waals surface area (Å²) in [6.45, 7) is 3.56. The van der Waals surface area contributed by atoms with E-state index in [2.05, 4.69) is 5.32 Å². The SMILES string of the molecule is COc1ccc(OC)c(NC(=O)COC(=O)Cc2coc3c(C)c(C)ccc23)c1. The highest BCUT2D eigenvalue weighted by Gasteiger charge is 2.15. The Balaban J connectivity index is 1.60. The van der Waals surface area contributed by atoms with Crippen LogP contribution in [0.5, 0.6) is 11.5 Å². The summed E-state index contributed by atoms with van der Waals surface area (Å²) in [6.07, 6.45) is 1.57. The number of methoxy groups -OCH3 is 2. The average Bonchev–Trinajstić information content (AvgIpc) is 3.12. The molecule has 3 aromatic rings. The minimum atomic E-state index is -0.515. The van der Waals surface area contributed by atoms with Crippen molar-refractivity contribution in [1.29, 1.82) is 0 Å². The van der Waals surface area contributed by atoms with Crippen molar-refractivity contribution in [3.63, 3.8) is 0 Å². The predicted molar refractivity (Wildman–Crippen MR) is 109 cm³/mol. The fourth-order valence-corrected chi connectivity index (χ4v) is 2.98. The van der Waals surface area contributed by atoms with Crippen molar-refractivity contribution in [2.24, 2.45) is 0 Å². The smallest absolute Gasteiger partial charge is 0.310 e. The number of furan rings is 1. The summed E-state index contributed by atoms with van der Waals surface area (Å²) in [5, 5.41) is 3.52. The highest BCUT2D eigenvalue weighted by molar-refractivity contribution is 5.95. The van der Waals surface area contributed by atoms with Gasteiger partial charge in [-0.05, 0) is 37.1 Å². The number of nitrogens with one attached hydrogen (secondary N) is 1. The predicted octanol–water partition coefficient (Wildman–Crippen LogP) is 3.79. The molecule has 0 bridgehead atoms. The number of amides is 1. The van der Waals surface area contributed by atoms with Crippen LogP contribution in [0.4, 0.5) is 5.69 Å². The molecule has 3 rings (SSSR count). The Bertz CT molecular complexity index is 1050. The topological polar surface area (TPSA) is 87.0 Å². The zero-order valence-corrected chi connectivity index (χ0v) is 16.8. The van der Waals surface area contributed by atoms with Crippen LogP contribution in [0.25, 0.3) is 11.0 Å². The largest absolute Gasteiger partial charge is 0.497 e. The van der Waals surface area contributed by atoms with Crippen LogP contribution in [0.15, 0.2) is 41.0 Å². The fourth-order valence-electron chi connectivity index (χ4n) is 2.98. The minimum absolute atomic E-state index is 0.0191. The lowest BCUT2D eigenvalue weighted by Crippen LogP contribution is -2.22. The third-order valence-electron chi connectivity index (χ3n) is 4.72. The molecule has 0 aliphatic heterocycles. The number of fused-ring (bicyclic) bond motifs is 1. The van der Waals surface area contributed by atoms with E-state index >= 15 is 0 Å². The summed E-state index contributed by atoms with van der Waals surface area (Å²) < 4.78 is 21.1. The molecular weight excluding hydrogens is 374 g/mol. The molecule has 0 aliphatic rings. The third kappa shape index (κ3) is 4.51. The molecule has 0 radical (unpaired) electrons. The van der Waals surface area contributed by atoms with Crippen LogP contribution < -0.4 is 14.8 Å². The third-order valence-corrected chi connectivity index (χ3v) is 4.72. The molecule has 0 fully saturated rings. The van der Waals surface area contributed by atoms with Gasteiger partial charge in [-0.1, -0.05) is 12.1 Å². The standard InChI is InChI=1S/C22H23NO6/c1-13-5-7-17-15(11-29-22(17)14(13)2)9-21(25)28-12-20(24)23-18-10-16(26-3)6-8-19(18)27-4/h5-8,10-11H,9,12H2,1-4H3,(H,23,24). The van der Waals surface area contributed by atoms with E-state index in [4.69, 9.17) is 18.6 Å². The zero-order chi connectivity index (χ0) is 21.0. The molecule has 1 amide bonds. The van der Waals surface area contributed by atoms with Crippen LogP contribution in [0.1, 0.15) is 16.7 Å². The Hall–Kier alpha value is -3.48. The zero-order valence-electron chi connectivity index (χ0n) is 16.8. The lowest BCUT2D eigenvalue weighted by Gasteiger charge is -2.12. The number of benzene rings is 2. The van der Waals surface area contributed by atoms with E-state index in [1.165, 1.54) is 14.2 Å². The molecule has 0 saturated heterocycles. The van der Waals surface area contributed by atoms with E-state index in [1.54, 1.807) is 24.5 Å². The molecule has 1 aromatic heterocycles. The van der Waals surface area contributed by atoms with E-state index in [0.717, 1.165) is 27.7 Å². The van der Waals surface area contributed by atoms with E-state index in [0.29, 0.717) is 17.2 Å². The van der Waals surface area contributed by atoms with Crippen molar-refractivity contribution < 1.29 is 28.2 Å². The number of carbonyl (C=O) groups excluding carboxylic acids is 2. The quantitative estimate of drug-likeness (QED) is 0.611. The number of anilines is 1. The number of aryl methyl sites for hydroxylation is 2. The molecule has 7 nitrogen and oxygen atoms in total. The lowest BCUT2D eigenvalue weighted by atomic mass is 10.0. The van der Waals surface area contributed by atoms with Gasteiger partial charge in [-0.2, -0.15) is 0 Å². The number of carbonyl (C=O) groups is 2. The van der Waals surface area contributed by atoms with Crippen LogP contribution in [0, 0.1) is 13.8 Å². The van der Waals surface area contributed by atoms with Crippen molar-refractivity contribution in [1.82, 2.24) is 0 Å². The second-order valence-corrected chi connectivity index (χ2v) is 6.60. The number of esters is 1. The van der Waals surface area contributed by atoms with Crippen molar-refractivity contribution in [2.45, 2.75) is 20.3 Å². The van der Waals surface area contributed by atoms with Gasteiger partial charge in [-0.3, -0.25) is 9.59 Å². The number of hydrogen-bond donors (Lipinski definition) is 1. The molecule has 29 heavy (non-hydrogen) atoms. The van der Waals surface area contributed by atoms with Gasteiger partial charge in [0, 0.05) is 17.0 Å². The summed E-state index contributed by atoms with van der Waals surface area (Å²) in [7, 11) is 3.02. The first kappa shape index (κ1) is 20.3. The normalized spacial score (nSPS) is 10.6. The molecule has 0 atom stereocenters. The molecule has 0 unspecified atom stereocenters.